The molecule has 1 atom stereocenters. The van der Waals surface area contributed by atoms with Gasteiger partial charge in [-0.3, -0.25) is 9.69 Å². The molecule has 1 aromatic carbocycles. The SMILES string of the molecule is O=C1CNCC2COc3ccc(F)cc3N12. The topological polar surface area (TPSA) is 41.6 Å². The van der Waals surface area contributed by atoms with E-state index in [-0.39, 0.29) is 17.8 Å². The normalized spacial score (nSPS) is 23.4. The Morgan fingerprint density at radius 2 is 2.38 bits per heavy atom. The first-order chi connectivity index (χ1) is 7.75. The van der Waals surface area contributed by atoms with E-state index in [2.05, 4.69) is 5.32 Å². The lowest BCUT2D eigenvalue weighted by atomic mass is 10.1. The van der Waals surface area contributed by atoms with Gasteiger partial charge in [-0.15, -0.1) is 0 Å². The molecule has 2 aliphatic rings. The predicted octanol–water partition coefficient (Wildman–Crippen LogP) is 0.523. The zero-order valence-electron chi connectivity index (χ0n) is 8.57. The Bertz CT molecular complexity index is 450. The van der Waals surface area contributed by atoms with E-state index in [4.69, 9.17) is 4.74 Å². The van der Waals surface area contributed by atoms with Gasteiger partial charge < -0.3 is 10.1 Å². The Morgan fingerprint density at radius 3 is 3.25 bits per heavy atom. The summed E-state index contributed by atoms with van der Waals surface area (Å²) in [4.78, 5) is 13.4. The summed E-state index contributed by atoms with van der Waals surface area (Å²) in [6.07, 6.45) is 0. The first-order valence-corrected chi connectivity index (χ1v) is 5.21. The maximum atomic E-state index is 13.2. The molecule has 3 rings (SSSR count). The Kier molecular flexibility index (Phi) is 2.07. The third kappa shape index (κ3) is 1.36. The Hall–Kier alpha value is -1.62. The van der Waals surface area contributed by atoms with Crippen molar-refractivity contribution < 1.29 is 13.9 Å². The minimum absolute atomic E-state index is 0.0319. The van der Waals surface area contributed by atoms with E-state index >= 15 is 0 Å². The summed E-state index contributed by atoms with van der Waals surface area (Å²) in [5.74, 6) is 0.189. The van der Waals surface area contributed by atoms with Crippen LogP contribution in [-0.4, -0.2) is 31.6 Å². The van der Waals surface area contributed by atoms with Crippen LogP contribution >= 0.6 is 0 Å². The number of hydrogen-bond donors (Lipinski definition) is 1. The fourth-order valence-electron chi connectivity index (χ4n) is 2.18. The van der Waals surface area contributed by atoms with Gasteiger partial charge in [0, 0.05) is 12.6 Å². The van der Waals surface area contributed by atoms with E-state index in [1.54, 1.807) is 11.0 Å². The van der Waals surface area contributed by atoms with Crippen LogP contribution in [0.25, 0.3) is 0 Å². The molecule has 0 radical (unpaired) electrons. The zero-order chi connectivity index (χ0) is 11.1. The van der Waals surface area contributed by atoms with Crippen molar-refractivity contribution in [1.82, 2.24) is 5.32 Å². The highest BCUT2D eigenvalue weighted by Gasteiger charge is 2.34. The molecule has 2 aliphatic heterocycles. The summed E-state index contributed by atoms with van der Waals surface area (Å²) >= 11 is 0. The van der Waals surface area contributed by atoms with E-state index in [1.165, 1.54) is 12.1 Å². The molecule has 2 heterocycles. The smallest absolute Gasteiger partial charge is 0.241 e. The summed E-state index contributed by atoms with van der Waals surface area (Å²) in [5.41, 5.74) is 0.544. The summed E-state index contributed by atoms with van der Waals surface area (Å²) in [7, 11) is 0. The molecule has 1 amide bonds. The van der Waals surface area contributed by atoms with Crippen LogP contribution in [0.3, 0.4) is 0 Å². The second kappa shape index (κ2) is 3.45. The number of fused-ring (bicyclic) bond motifs is 3. The van der Waals surface area contributed by atoms with Crippen molar-refractivity contribution in [2.24, 2.45) is 0 Å². The van der Waals surface area contributed by atoms with Gasteiger partial charge in [-0.25, -0.2) is 4.39 Å². The number of carbonyl (C=O) groups is 1. The molecule has 1 unspecified atom stereocenters. The van der Waals surface area contributed by atoms with Crippen molar-refractivity contribution in [1.29, 1.82) is 0 Å². The molecule has 0 aliphatic carbocycles. The van der Waals surface area contributed by atoms with Crippen molar-refractivity contribution in [2.45, 2.75) is 6.04 Å². The lowest BCUT2D eigenvalue weighted by molar-refractivity contribution is -0.119. The number of anilines is 1. The third-order valence-corrected chi connectivity index (χ3v) is 2.90. The highest BCUT2D eigenvalue weighted by molar-refractivity contribution is 5.98. The Balaban J connectivity index is 2.08. The maximum absolute atomic E-state index is 13.2. The number of rotatable bonds is 0. The summed E-state index contributed by atoms with van der Waals surface area (Å²) in [6, 6.07) is 4.22. The number of hydrogen-bond acceptors (Lipinski definition) is 3. The lowest BCUT2D eigenvalue weighted by Crippen LogP contribution is -2.59. The van der Waals surface area contributed by atoms with Crippen LogP contribution in [0.5, 0.6) is 5.75 Å². The van der Waals surface area contributed by atoms with Crippen molar-refractivity contribution >= 4 is 11.6 Å². The number of benzene rings is 1. The van der Waals surface area contributed by atoms with Crippen LogP contribution in [0, 0.1) is 5.82 Å². The predicted molar refractivity (Wildman–Crippen MR) is 56.0 cm³/mol. The quantitative estimate of drug-likeness (QED) is 0.696. The summed E-state index contributed by atoms with van der Waals surface area (Å²) in [6.45, 7) is 1.44. The largest absolute Gasteiger partial charge is 0.489 e. The number of piperazine rings is 1. The molecule has 1 N–H and O–H groups in total. The highest BCUT2D eigenvalue weighted by Crippen LogP contribution is 2.35. The van der Waals surface area contributed by atoms with E-state index < -0.39 is 0 Å². The van der Waals surface area contributed by atoms with Crippen LogP contribution in [0.4, 0.5) is 10.1 Å². The molecule has 1 aromatic rings. The number of nitrogens with zero attached hydrogens (tertiary/aromatic N) is 1. The van der Waals surface area contributed by atoms with Gasteiger partial charge in [0.25, 0.3) is 0 Å². The Morgan fingerprint density at radius 1 is 1.50 bits per heavy atom. The lowest BCUT2D eigenvalue weighted by Gasteiger charge is -2.40. The first-order valence-electron chi connectivity index (χ1n) is 5.21. The molecule has 0 aromatic heterocycles. The minimum Gasteiger partial charge on any atom is -0.489 e. The molecule has 0 spiro atoms. The van der Waals surface area contributed by atoms with E-state index in [1.807, 2.05) is 0 Å². The highest BCUT2D eigenvalue weighted by atomic mass is 19.1. The number of halogens is 1. The van der Waals surface area contributed by atoms with E-state index in [9.17, 15) is 9.18 Å². The average Bonchev–Trinajstić information content (AvgIpc) is 2.28. The number of ether oxygens (including phenoxy) is 1. The molecule has 0 saturated carbocycles. The zero-order valence-corrected chi connectivity index (χ0v) is 8.57. The van der Waals surface area contributed by atoms with Gasteiger partial charge in [-0.05, 0) is 12.1 Å². The van der Waals surface area contributed by atoms with Crippen LogP contribution in [0.1, 0.15) is 0 Å². The van der Waals surface area contributed by atoms with Crippen molar-refractivity contribution in [2.75, 3.05) is 24.6 Å². The summed E-state index contributed by atoms with van der Waals surface area (Å²) < 4.78 is 18.7. The van der Waals surface area contributed by atoms with Crippen molar-refractivity contribution in [3.05, 3.63) is 24.0 Å². The van der Waals surface area contributed by atoms with Crippen molar-refractivity contribution in [3.63, 3.8) is 0 Å². The maximum Gasteiger partial charge on any atom is 0.241 e. The number of carbonyl (C=O) groups excluding carboxylic acids is 1. The molecule has 5 heteroatoms. The number of nitrogens with one attached hydrogen (secondary N) is 1. The first kappa shape index (κ1) is 9.59. The molecule has 1 fully saturated rings. The van der Waals surface area contributed by atoms with Crippen LogP contribution < -0.4 is 15.0 Å². The fourth-order valence-corrected chi connectivity index (χ4v) is 2.18. The molecular formula is C11H11FN2O2. The second-order valence-electron chi connectivity index (χ2n) is 3.97. The molecular weight excluding hydrogens is 211 g/mol. The van der Waals surface area contributed by atoms with Gasteiger partial charge in [0.15, 0.2) is 0 Å². The Labute approximate surface area is 92.0 Å². The molecule has 16 heavy (non-hydrogen) atoms. The monoisotopic (exact) mass is 222 g/mol. The average molecular weight is 222 g/mol. The minimum atomic E-state index is -0.352. The molecule has 0 bridgehead atoms. The van der Waals surface area contributed by atoms with Gasteiger partial charge in [0.05, 0.1) is 18.3 Å². The van der Waals surface area contributed by atoms with E-state index in [0.29, 0.717) is 31.1 Å². The summed E-state index contributed by atoms with van der Waals surface area (Å²) in [5, 5.41) is 3.01. The van der Waals surface area contributed by atoms with Crippen LogP contribution in [0.15, 0.2) is 18.2 Å². The van der Waals surface area contributed by atoms with Crippen LogP contribution in [0.2, 0.25) is 0 Å². The standard InChI is InChI=1S/C11H11FN2O2/c12-7-1-2-10-9(3-7)14-8(6-16-10)4-13-5-11(14)15/h1-3,8,13H,4-6H2. The molecule has 1 saturated heterocycles. The molecule has 4 nitrogen and oxygen atoms in total. The van der Waals surface area contributed by atoms with Gasteiger partial charge >= 0.3 is 0 Å². The fraction of sp³-hybridized carbons (Fsp3) is 0.364. The van der Waals surface area contributed by atoms with Gasteiger partial charge in [0.2, 0.25) is 5.91 Å². The van der Waals surface area contributed by atoms with Gasteiger partial charge in [0.1, 0.15) is 18.2 Å². The van der Waals surface area contributed by atoms with Gasteiger partial charge in [-0.2, -0.15) is 0 Å². The van der Waals surface area contributed by atoms with Crippen LogP contribution in [-0.2, 0) is 4.79 Å². The van der Waals surface area contributed by atoms with Crippen molar-refractivity contribution in [3.8, 4) is 5.75 Å². The number of amides is 1. The van der Waals surface area contributed by atoms with E-state index in [0.717, 1.165) is 0 Å². The van der Waals surface area contributed by atoms with Gasteiger partial charge in [-0.1, -0.05) is 0 Å². The molecule has 84 valence electrons. The second-order valence-corrected chi connectivity index (χ2v) is 3.97. The third-order valence-electron chi connectivity index (χ3n) is 2.90.